The zero-order valence-corrected chi connectivity index (χ0v) is 22.6. The van der Waals surface area contributed by atoms with Crippen LogP contribution in [0.2, 0.25) is 0 Å². The Kier molecular flexibility index (Phi) is 8.07. The summed E-state index contributed by atoms with van der Waals surface area (Å²) in [5, 5.41) is 6.48. The van der Waals surface area contributed by atoms with Crippen LogP contribution in [-0.4, -0.2) is 71.6 Å². The lowest BCUT2D eigenvalue weighted by Crippen LogP contribution is -2.47. The first kappa shape index (κ1) is 26.6. The Morgan fingerprint density at radius 3 is 2.67 bits per heavy atom. The van der Waals surface area contributed by atoms with Crippen LogP contribution in [0.4, 0.5) is 17.3 Å². The summed E-state index contributed by atoms with van der Waals surface area (Å²) in [6, 6.07) is 10.1. The summed E-state index contributed by atoms with van der Waals surface area (Å²) in [5.74, 6) is 0.440. The van der Waals surface area contributed by atoms with Gasteiger partial charge in [0.05, 0.1) is 11.2 Å². The second-order valence-corrected chi connectivity index (χ2v) is 10.5. The number of ether oxygens (including phenoxy) is 1. The molecule has 3 aliphatic rings. The Bertz CT molecular complexity index is 1270. The molecular weight excluding hydrogens is 492 g/mol. The van der Waals surface area contributed by atoms with Crippen molar-refractivity contribution in [3.8, 4) is 0 Å². The van der Waals surface area contributed by atoms with Gasteiger partial charge in [-0.15, -0.1) is 0 Å². The van der Waals surface area contributed by atoms with Gasteiger partial charge in [0, 0.05) is 50.4 Å². The van der Waals surface area contributed by atoms with Gasteiger partial charge in [0.2, 0.25) is 18.3 Å². The Morgan fingerprint density at radius 1 is 1.15 bits per heavy atom. The molecule has 204 valence electrons. The van der Waals surface area contributed by atoms with E-state index in [-0.39, 0.29) is 12.0 Å². The third kappa shape index (κ3) is 6.72. The molecule has 0 radical (unpaired) electrons. The molecule has 0 saturated carbocycles. The lowest BCUT2D eigenvalue weighted by Gasteiger charge is -2.34. The van der Waals surface area contributed by atoms with Crippen molar-refractivity contribution >= 4 is 35.2 Å². The van der Waals surface area contributed by atoms with Gasteiger partial charge in [0.25, 0.3) is 0 Å². The predicted octanol–water partition coefficient (Wildman–Crippen LogP) is 3.84. The largest absolute Gasteiger partial charge is 0.368 e. The van der Waals surface area contributed by atoms with Gasteiger partial charge >= 0.3 is 0 Å². The molecule has 1 aromatic carbocycles. The van der Waals surface area contributed by atoms with Gasteiger partial charge in [0.15, 0.2) is 0 Å². The summed E-state index contributed by atoms with van der Waals surface area (Å²) in [6.45, 7) is 7.84. The van der Waals surface area contributed by atoms with Gasteiger partial charge in [-0.1, -0.05) is 29.9 Å². The molecule has 9 heteroatoms. The van der Waals surface area contributed by atoms with Crippen molar-refractivity contribution in [1.29, 1.82) is 0 Å². The number of hydrogen-bond donors (Lipinski definition) is 2. The van der Waals surface area contributed by atoms with Crippen LogP contribution in [0.1, 0.15) is 38.8 Å². The number of nitrogens with zero attached hydrogens (tertiary/aromatic N) is 4. The minimum Gasteiger partial charge on any atom is -0.368 e. The number of anilines is 3. The quantitative estimate of drug-likeness (QED) is 0.416. The monoisotopic (exact) mass is 528 g/mol. The third-order valence-electron chi connectivity index (χ3n) is 7.32. The molecule has 2 aromatic rings. The third-order valence-corrected chi connectivity index (χ3v) is 7.32. The molecular formula is C30H36N6O3. The topological polar surface area (TPSA) is 99.7 Å². The number of carbonyl (C=O) groups is 2. The minimum absolute atomic E-state index is 0.0717. The van der Waals surface area contributed by atoms with E-state index < -0.39 is 5.54 Å². The molecule has 39 heavy (non-hydrogen) atoms. The molecule has 1 aromatic heterocycles. The van der Waals surface area contributed by atoms with E-state index in [1.54, 1.807) is 11.1 Å². The number of amides is 2. The van der Waals surface area contributed by atoms with Crippen LogP contribution < -0.4 is 15.5 Å². The van der Waals surface area contributed by atoms with Crippen molar-refractivity contribution in [3.63, 3.8) is 0 Å². The number of nitrogens with one attached hydrogen (secondary N) is 2. The zero-order valence-electron chi connectivity index (χ0n) is 22.6. The summed E-state index contributed by atoms with van der Waals surface area (Å²) < 4.78 is 5.57. The maximum Gasteiger partial charge on any atom is 0.250 e. The number of piperazine rings is 1. The first-order chi connectivity index (χ1) is 18.9. The average molecular weight is 529 g/mol. The highest BCUT2D eigenvalue weighted by molar-refractivity contribution is 5.83. The van der Waals surface area contributed by atoms with E-state index in [4.69, 9.17) is 9.72 Å². The molecule has 2 amide bonds. The number of benzene rings is 1. The Morgan fingerprint density at radius 2 is 1.95 bits per heavy atom. The van der Waals surface area contributed by atoms with Crippen molar-refractivity contribution in [2.24, 2.45) is 0 Å². The van der Waals surface area contributed by atoms with Gasteiger partial charge < -0.3 is 25.2 Å². The van der Waals surface area contributed by atoms with Crippen molar-refractivity contribution in [3.05, 3.63) is 72.1 Å². The molecule has 0 bridgehead atoms. The highest BCUT2D eigenvalue weighted by Crippen LogP contribution is 2.26. The molecule has 2 saturated heterocycles. The molecule has 2 fully saturated rings. The molecule has 1 unspecified atom stereocenters. The summed E-state index contributed by atoms with van der Waals surface area (Å²) >= 11 is 0. The first-order valence-electron chi connectivity index (χ1n) is 13.6. The van der Waals surface area contributed by atoms with Crippen molar-refractivity contribution in [2.45, 2.75) is 44.8 Å². The van der Waals surface area contributed by atoms with Crippen LogP contribution in [0, 0.1) is 0 Å². The van der Waals surface area contributed by atoms with Crippen LogP contribution in [0.15, 0.2) is 66.4 Å². The zero-order chi connectivity index (χ0) is 27.2. The van der Waals surface area contributed by atoms with Gasteiger partial charge in [-0.25, -0.2) is 9.97 Å². The van der Waals surface area contributed by atoms with Crippen molar-refractivity contribution in [2.75, 3.05) is 43.0 Å². The maximum atomic E-state index is 12.8. The Labute approximate surface area is 229 Å². The maximum absolute atomic E-state index is 12.8. The highest BCUT2D eigenvalue weighted by atomic mass is 16.5. The molecule has 3 heterocycles. The lowest BCUT2D eigenvalue weighted by molar-refractivity contribution is -0.131. The van der Waals surface area contributed by atoms with Gasteiger partial charge in [-0.05, 0) is 69.0 Å². The van der Waals surface area contributed by atoms with Crippen molar-refractivity contribution in [1.82, 2.24) is 20.2 Å². The molecule has 2 N–H and O–H groups in total. The smallest absolute Gasteiger partial charge is 0.250 e. The fourth-order valence-corrected chi connectivity index (χ4v) is 5.17. The molecule has 2 aliphatic heterocycles. The van der Waals surface area contributed by atoms with Crippen LogP contribution in [0.25, 0.3) is 5.57 Å². The fraction of sp³-hybridized carbons (Fsp3) is 0.400. The van der Waals surface area contributed by atoms with Crippen LogP contribution in [0.5, 0.6) is 0 Å². The molecule has 1 aliphatic carbocycles. The number of hydrogen-bond acceptors (Lipinski definition) is 7. The second kappa shape index (κ2) is 11.8. The normalized spacial score (nSPS) is 25.5. The summed E-state index contributed by atoms with van der Waals surface area (Å²) in [5.41, 5.74) is 4.33. The summed E-state index contributed by atoms with van der Waals surface area (Å²) in [6.07, 6.45) is 13.0. The highest BCUT2D eigenvalue weighted by Gasteiger charge is 2.29. The second-order valence-electron chi connectivity index (χ2n) is 10.5. The van der Waals surface area contributed by atoms with Crippen LogP contribution in [0.3, 0.4) is 0 Å². The van der Waals surface area contributed by atoms with Crippen LogP contribution >= 0.6 is 0 Å². The standard InChI is InChI=1S/C30H36N6O3/c1-22-5-6-23(11-13-30(2,20-22)34-28(38)27-4-3-19-39-27)26-12-14-31-29(33-26)32-24-7-9-25(10-8-24)36-17-15-35(21-37)16-18-36/h6-14,20-21,27H,3-5,15-19H2,1-2H3,(H,34,38)(H,31,32,33)/b13-11-,22-20?,23-6+/t27?,30-/m0/s1. The minimum atomic E-state index is -0.623. The van der Waals surface area contributed by atoms with E-state index in [9.17, 15) is 9.59 Å². The average Bonchev–Trinajstić information content (AvgIpc) is 3.48. The predicted molar refractivity (Wildman–Crippen MR) is 153 cm³/mol. The Hall–Kier alpha value is -3.98. The number of allylic oxidation sites excluding steroid dienone is 4. The molecule has 2 atom stereocenters. The van der Waals surface area contributed by atoms with E-state index >= 15 is 0 Å². The van der Waals surface area contributed by atoms with Gasteiger partial charge in [-0.3, -0.25) is 9.59 Å². The number of aromatic nitrogens is 2. The summed E-state index contributed by atoms with van der Waals surface area (Å²) in [4.78, 5) is 37.0. The van der Waals surface area contributed by atoms with Gasteiger partial charge in [-0.2, -0.15) is 0 Å². The number of rotatable bonds is 7. The number of carbonyl (C=O) groups excluding carboxylic acids is 2. The van der Waals surface area contributed by atoms with E-state index in [2.05, 4.69) is 51.7 Å². The lowest BCUT2D eigenvalue weighted by atomic mass is 9.92. The van der Waals surface area contributed by atoms with E-state index in [0.29, 0.717) is 12.6 Å². The Balaban J connectivity index is 1.27. The van der Waals surface area contributed by atoms with Gasteiger partial charge in [0.1, 0.15) is 6.10 Å². The molecule has 0 spiro atoms. The summed E-state index contributed by atoms with van der Waals surface area (Å²) in [7, 11) is 0. The first-order valence-corrected chi connectivity index (χ1v) is 13.6. The molecule has 9 nitrogen and oxygen atoms in total. The van der Waals surface area contributed by atoms with E-state index in [0.717, 1.165) is 80.1 Å². The van der Waals surface area contributed by atoms with E-state index in [1.807, 2.05) is 37.3 Å². The van der Waals surface area contributed by atoms with Crippen molar-refractivity contribution < 1.29 is 14.3 Å². The van der Waals surface area contributed by atoms with E-state index in [1.165, 1.54) is 0 Å². The van der Waals surface area contributed by atoms with Crippen LogP contribution in [-0.2, 0) is 14.3 Å². The fourth-order valence-electron chi connectivity index (χ4n) is 5.17. The molecule has 5 rings (SSSR count). The SMILES string of the molecule is CC1=C[C@@](C)(NC(=O)C2CCCO2)/C=C\C(c2ccnc(Nc3ccc(N4CCN(C=O)CC4)cc3)n2)=C/C1.